The maximum absolute atomic E-state index is 14.5. The highest BCUT2D eigenvalue weighted by molar-refractivity contribution is 7.90. The van der Waals surface area contributed by atoms with E-state index in [1.807, 2.05) is 0 Å². The number of nitrogens with zero attached hydrogens (tertiary/aromatic N) is 5. The highest BCUT2D eigenvalue weighted by Crippen LogP contribution is 2.53. The van der Waals surface area contributed by atoms with Gasteiger partial charge in [-0.05, 0) is 55.4 Å². The molecule has 3 heterocycles. The fourth-order valence-corrected chi connectivity index (χ4v) is 6.33. The van der Waals surface area contributed by atoms with Crippen LogP contribution in [-0.2, 0) is 21.7 Å². The molecular formula is C27H25F2N5O3S. The molecule has 1 saturated carbocycles. The van der Waals surface area contributed by atoms with Gasteiger partial charge in [-0.15, -0.1) is 5.10 Å². The van der Waals surface area contributed by atoms with Crippen molar-refractivity contribution >= 4 is 9.84 Å². The molecule has 0 amide bonds. The Hall–Kier alpha value is -3.60. The van der Waals surface area contributed by atoms with Crippen molar-refractivity contribution in [2.24, 2.45) is 0 Å². The van der Waals surface area contributed by atoms with E-state index >= 15 is 0 Å². The highest BCUT2D eigenvalue weighted by Gasteiger charge is 2.47. The number of fused-ring (bicyclic) bond motifs is 3. The molecule has 3 aliphatic carbocycles. The van der Waals surface area contributed by atoms with Crippen LogP contribution < -0.4 is 0 Å². The van der Waals surface area contributed by atoms with Crippen molar-refractivity contribution in [1.29, 1.82) is 0 Å². The quantitative estimate of drug-likeness (QED) is 0.345. The summed E-state index contributed by atoms with van der Waals surface area (Å²) < 4.78 is 57.7. The third kappa shape index (κ3) is 4.38. The maximum Gasteiger partial charge on any atom is 0.246 e. The number of hydrogen-bond acceptors (Lipinski definition) is 8. The van der Waals surface area contributed by atoms with Gasteiger partial charge in [0.1, 0.15) is 33.4 Å². The van der Waals surface area contributed by atoms with E-state index in [2.05, 4.69) is 20.2 Å². The average molecular weight is 538 g/mol. The van der Waals surface area contributed by atoms with E-state index in [-0.39, 0.29) is 35.2 Å². The Bertz CT molecular complexity index is 1620. The minimum Gasteiger partial charge on any atom is -0.443 e. The minimum atomic E-state index is -3.13. The summed E-state index contributed by atoms with van der Waals surface area (Å²) in [6.07, 6.45) is 10.5. The van der Waals surface area contributed by atoms with Gasteiger partial charge in [0.2, 0.25) is 5.89 Å². The molecule has 11 heteroatoms. The first-order chi connectivity index (χ1) is 18.2. The smallest absolute Gasteiger partial charge is 0.246 e. The van der Waals surface area contributed by atoms with Crippen LogP contribution in [0, 0.1) is 11.6 Å². The van der Waals surface area contributed by atoms with Crippen molar-refractivity contribution in [3.63, 3.8) is 0 Å². The average Bonchev–Trinajstić information content (AvgIpc) is 3.19. The summed E-state index contributed by atoms with van der Waals surface area (Å²) in [5, 5.41) is 8.86. The Balaban J connectivity index is 1.39. The van der Waals surface area contributed by atoms with Crippen molar-refractivity contribution in [2.45, 2.75) is 49.9 Å². The monoisotopic (exact) mass is 537 g/mol. The molecule has 2 bridgehead atoms. The summed E-state index contributed by atoms with van der Waals surface area (Å²) in [5.41, 5.74) is 2.87. The molecule has 1 aromatic carbocycles. The number of oxazole rings is 1. The number of aryl methyl sites for hydroxylation is 1. The van der Waals surface area contributed by atoms with Crippen LogP contribution in [0.1, 0.15) is 60.7 Å². The third-order valence-electron chi connectivity index (χ3n) is 7.64. The van der Waals surface area contributed by atoms with Gasteiger partial charge in [0.15, 0.2) is 0 Å². The SMILES string of the molecule is CS(=O)(=O)CCc1coc(-c2cncc([C@@]34CCC[C@@H](CC3)c3cc(-c5c(F)cccc5F)nnc34)n2)n1. The van der Waals surface area contributed by atoms with E-state index in [9.17, 15) is 17.2 Å². The standard InChI is InChI=1S/C27H25F2N5O3S/c1-38(35,36)11-8-17-15-37-26(31-17)22-13-30-14-23(32-22)27-9-3-4-16(7-10-27)18-12-21(33-34-25(18)27)24-19(28)5-2-6-20(24)29/h2,5-6,12-16H,3-4,7-11H2,1H3/t16-,27+/m0/s1. The lowest BCUT2D eigenvalue weighted by Crippen LogP contribution is -2.34. The molecule has 7 rings (SSSR count). The largest absolute Gasteiger partial charge is 0.443 e. The van der Waals surface area contributed by atoms with Crippen molar-refractivity contribution in [2.75, 3.05) is 12.0 Å². The molecule has 0 N–H and O–H groups in total. The molecule has 0 radical (unpaired) electrons. The van der Waals surface area contributed by atoms with Gasteiger partial charge in [0, 0.05) is 18.9 Å². The number of hydrogen-bond donors (Lipinski definition) is 0. The molecule has 3 aromatic heterocycles. The zero-order valence-electron chi connectivity index (χ0n) is 20.7. The van der Waals surface area contributed by atoms with Gasteiger partial charge in [-0.2, -0.15) is 5.10 Å². The molecular weight excluding hydrogens is 512 g/mol. The van der Waals surface area contributed by atoms with Crippen molar-refractivity contribution in [3.05, 3.63) is 77.2 Å². The van der Waals surface area contributed by atoms with Crippen LogP contribution in [0.5, 0.6) is 0 Å². The van der Waals surface area contributed by atoms with Crippen LogP contribution >= 0.6 is 0 Å². The van der Waals surface area contributed by atoms with Gasteiger partial charge in [0.25, 0.3) is 0 Å². The van der Waals surface area contributed by atoms with Crippen LogP contribution in [0.4, 0.5) is 8.78 Å². The van der Waals surface area contributed by atoms with Crippen LogP contribution in [0.3, 0.4) is 0 Å². The van der Waals surface area contributed by atoms with E-state index < -0.39 is 26.9 Å². The predicted octanol–water partition coefficient (Wildman–Crippen LogP) is 4.80. The molecule has 196 valence electrons. The van der Waals surface area contributed by atoms with E-state index in [1.165, 1.54) is 30.7 Å². The molecule has 0 saturated heterocycles. The van der Waals surface area contributed by atoms with Crippen LogP contribution in [0.2, 0.25) is 0 Å². The second kappa shape index (κ2) is 9.30. The molecule has 38 heavy (non-hydrogen) atoms. The lowest BCUT2D eigenvalue weighted by Gasteiger charge is -2.37. The zero-order valence-corrected chi connectivity index (χ0v) is 21.5. The Kier molecular flexibility index (Phi) is 6.05. The van der Waals surface area contributed by atoms with Gasteiger partial charge < -0.3 is 4.42 Å². The molecule has 4 aromatic rings. The van der Waals surface area contributed by atoms with E-state index in [4.69, 9.17) is 9.40 Å². The van der Waals surface area contributed by atoms with Gasteiger partial charge in [-0.25, -0.2) is 27.2 Å². The van der Waals surface area contributed by atoms with Crippen molar-refractivity contribution in [1.82, 2.24) is 25.1 Å². The summed E-state index contributed by atoms with van der Waals surface area (Å²) in [5.74, 6) is -0.881. The van der Waals surface area contributed by atoms with Crippen molar-refractivity contribution in [3.8, 4) is 22.8 Å². The van der Waals surface area contributed by atoms with Crippen LogP contribution in [-0.4, -0.2) is 45.6 Å². The lowest BCUT2D eigenvalue weighted by atomic mass is 9.68. The second-order valence-electron chi connectivity index (χ2n) is 10.2. The summed E-state index contributed by atoms with van der Waals surface area (Å²) in [4.78, 5) is 13.7. The molecule has 0 spiro atoms. The summed E-state index contributed by atoms with van der Waals surface area (Å²) in [6.45, 7) is 0. The molecule has 0 unspecified atom stereocenters. The van der Waals surface area contributed by atoms with Gasteiger partial charge in [-0.3, -0.25) is 4.98 Å². The number of benzene rings is 1. The maximum atomic E-state index is 14.5. The van der Waals surface area contributed by atoms with Gasteiger partial charge in [-0.1, -0.05) is 12.5 Å². The van der Waals surface area contributed by atoms with Crippen molar-refractivity contribution < 1.29 is 21.6 Å². The molecule has 1 fully saturated rings. The van der Waals surface area contributed by atoms with Gasteiger partial charge in [0.05, 0.1) is 45.7 Å². The second-order valence-corrected chi connectivity index (χ2v) is 12.4. The Morgan fingerprint density at radius 2 is 1.87 bits per heavy atom. The fourth-order valence-electron chi connectivity index (χ4n) is 5.75. The number of sulfone groups is 1. The summed E-state index contributed by atoms with van der Waals surface area (Å²) in [6, 6.07) is 5.55. The number of halogens is 2. The molecule has 0 aliphatic heterocycles. The van der Waals surface area contributed by atoms with E-state index in [0.29, 0.717) is 17.1 Å². The first kappa shape index (κ1) is 24.7. The molecule has 3 aliphatic rings. The zero-order chi connectivity index (χ0) is 26.5. The van der Waals surface area contributed by atoms with Crippen LogP contribution in [0.25, 0.3) is 22.8 Å². The number of rotatable bonds is 6. The van der Waals surface area contributed by atoms with Gasteiger partial charge >= 0.3 is 0 Å². The highest BCUT2D eigenvalue weighted by atomic mass is 32.2. The summed E-state index contributed by atoms with van der Waals surface area (Å²) >= 11 is 0. The minimum absolute atomic E-state index is 0.0246. The Labute approximate surface area is 218 Å². The lowest BCUT2D eigenvalue weighted by molar-refractivity contribution is 0.388. The normalized spacial score (nSPS) is 20.8. The van der Waals surface area contributed by atoms with E-state index in [0.717, 1.165) is 43.4 Å². The first-order valence-corrected chi connectivity index (χ1v) is 14.6. The fraction of sp³-hybridized carbons (Fsp3) is 0.370. The molecule has 2 atom stereocenters. The predicted molar refractivity (Wildman–Crippen MR) is 135 cm³/mol. The van der Waals surface area contributed by atoms with Crippen LogP contribution in [0.15, 0.2) is 47.3 Å². The topological polar surface area (TPSA) is 112 Å². The number of aromatic nitrogens is 5. The third-order valence-corrected chi connectivity index (χ3v) is 8.58. The Morgan fingerprint density at radius 3 is 2.66 bits per heavy atom. The molecule has 8 nitrogen and oxygen atoms in total. The summed E-state index contributed by atoms with van der Waals surface area (Å²) in [7, 11) is -3.13. The van der Waals surface area contributed by atoms with E-state index in [1.54, 1.807) is 18.5 Å². The Morgan fingerprint density at radius 1 is 1.05 bits per heavy atom. The first-order valence-electron chi connectivity index (χ1n) is 12.5.